The molecule has 1 fully saturated rings. The summed E-state index contributed by atoms with van der Waals surface area (Å²) < 4.78 is 0. The van der Waals surface area contributed by atoms with Gasteiger partial charge in [0.05, 0.1) is 5.69 Å². The lowest BCUT2D eigenvalue weighted by Crippen LogP contribution is -2.24. The topological polar surface area (TPSA) is 28.2 Å². The van der Waals surface area contributed by atoms with Gasteiger partial charge in [0.2, 0.25) is 0 Å². The average Bonchev–Trinajstić information content (AvgIpc) is 2.95. The van der Waals surface area contributed by atoms with Gasteiger partial charge in [-0.1, -0.05) is 6.92 Å². The second-order valence-electron chi connectivity index (χ2n) is 4.51. The lowest BCUT2D eigenvalue weighted by Gasteiger charge is -2.12. The molecule has 1 aromatic rings. The summed E-state index contributed by atoms with van der Waals surface area (Å²) in [4.78, 5) is 7.08. The third-order valence-electron chi connectivity index (χ3n) is 3.16. The molecule has 0 aliphatic carbocycles. The molecule has 2 heterocycles. The van der Waals surface area contributed by atoms with Crippen LogP contribution in [0.2, 0.25) is 0 Å². The molecule has 3 nitrogen and oxygen atoms in total. The molecule has 0 spiro atoms. The van der Waals surface area contributed by atoms with Crippen molar-refractivity contribution in [2.45, 2.75) is 45.7 Å². The quantitative estimate of drug-likeness (QED) is 0.856. The van der Waals surface area contributed by atoms with E-state index in [1.165, 1.54) is 43.2 Å². The SMILES string of the molecule is CCC(C)NCc1csc(N2CCCC2)n1. The summed E-state index contributed by atoms with van der Waals surface area (Å²) in [6.07, 6.45) is 3.81. The average molecular weight is 239 g/mol. The normalized spacial score (nSPS) is 18.0. The van der Waals surface area contributed by atoms with Crippen LogP contribution in [0.3, 0.4) is 0 Å². The minimum absolute atomic E-state index is 0.580. The van der Waals surface area contributed by atoms with Crippen LogP contribution >= 0.6 is 11.3 Å². The fourth-order valence-electron chi connectivity index (χ4n) is 1.85. The summed E-state index contributed by atoms with van der Waals surface area (Å²) >= 11 is 1.78. The van der Waals surface area contributed by atoms with Gasteiger partial charge in [0.15, 0.2) is 5.13 Å². The predicted molar refractivity (Wildman–Crippen MR) is 70.2 cm³/mol. The Morgan fingerprint density at radius 3 is 2.94 bits per heavy atom. The Kier molecular flexibility index (Phi) is 4.18. The van der Waals surface area contributed by atoms with Gasteiger partial charge in [-0.2, -0.15) is 0 Å². The van der Waals surface area contributed by atoms with Gasteiger partial charge in [-0.3, -0.25) is 0 Å². The van der Waals surface area contributed by atoms with Crippen LogP contribution in [-0.4, -0.2) is 24.1 Å². The Balaban J connectivity index is 1.86. The molecule has 1 aliphatic rings. The van der Waals surface area contributed by atoms with Crippen molar-refractivity contribution < 1.29 is 0 Å². The minimum Gasteiger partial charge on any atom is -0.348 e. The van der Waals surface area contributed by atoms with Crippen molar-refractivity contribution in [2.24, 2.45) is 0 Å². The number of nitrogens with zero attached hydrogens (tertiary/aromatic N) is 2. The number of aromatic nitrogens is 1. The molecule has 0 aromatic carbocycles. The van der Waals surface area contributed by atoms with E-state index < -0.39 is 0 Å². The van der Waals surface area contributed by atoms with Gasteiger partial charge in [-0.25, -0.2) is 4.98 Å². The second-order valence-corrected chi connectivity index (χ2v) is 5.34. The van der Waals surface area contributed by atoms with E-state index in [0.717, 1.165) is 6.54 Å². The first-order valence-corrected chi connectivity index (χ1v) is 7.10. The van der Waals surface area contributed by atoms with Crippen LogP contribution in [0.15, 0.2) is 5.38 Å². The summed E-state index contributed by atoms with van der Waals surface area (Å²) in [7, 11) is 0. The van der Waals surface area contributed by atoms with E-state index in [-0.39, 0.29) is 0 Å². The Bertz CT molecular complexity index is 318. The van der Waals surface area contributed by atoms with E-state index >= 15 is 0 Å². The Morgan fingerprint density at radius 2 is 2.25 bits per heavy atom. The van der Waals surface area contributed by atoms with E-state index in [1.54, 1.807) is 11.3 Å². The van der Waals surface area contributed by atoms with Crippen LogP contribution in [0.1, 0.15) is 38.8 Å². The highest BCUT2D eigenvalue weighted by Gasteiger charge is 2.15. The number of nitrogens with one attached hydrogen (secondary N) is 1. The molecule has 1 aliphatic heterocycles. The highest BCUT2D eigenvalue weighted by atomic mass is 32.1. The molecule has 1 atom stereocenters. The fourth-order valence-corrected chi connectivity index (χ4v) is 2.73. The second kappa shape index (κ2) is 5.64. The molecule has 1 aromatic heterocycles. The summed E-state index contributed by atoms with van der Waals surface area (Å²) in [5.74, 6) is 0. The zero-order chi connectivity index (χ0) is 11.4. The number of hydrogen-bond acceptors (Lipinski definition) is 4. The molecule has 16 heavy (non-hydrogen) atoms. The van der Waals surface area contributed by atoms with Crippen molar-refractivity contribution in [3.63, 3.8) is 0 Å². The fraction of sp³-hybridized carbons (Fsp3) is 0.750. The summed E-state index contributed by atoms with van der Waals surface area (Å²) in [5, 5.41) is 6.87. The van der Waals surface area contributed by atoms with Crippen LogP contribution in [0.25, 0.3) is 0 Å². The van der Waals surface area contributed by atoms with Crippen molar-refractivity contribution in [2.75, 3.05) is 18.0 Å². The molecule has 0 amide bonds. The molecule has 0 bridgehead atoms. The van der Waals surface area contributed by atoms with E-state index in [9.17, 15) is 0 Å². The maximum absolute atomic E-state index is 4.68. The zero-order valence-corrected chi connectivity index (χ0v) is 11.0. The number of thiazole rings is 1. The van der Waals surface area contributed by atoms with Crippen molar-refractivity contribution in [1.29, 1.82) is 0 Å². The van der Waals surface area contributed by atoms with Gasteiger partial charge in [0.25, 0.3) is 0 Å². The van der Waals surface area contributed by atoms with Crippen LogP contribution in [0, 0.1) is 0 Å². The van der Waals surface area contributed by atoms with E-state index in [1.807, 2.05) is 0 Å². The number of hydrogen-bond donors (Lipinski definition) is 1. The maximum Gasteiger partial charge on any atom is 0.185 e. The number of rotatable bonds is 5. The molecule has 1 saturated heterocycles. The van der Waals surface area contributed by atoms with E-state index in [4.69, 9.17) is 0 Å². The van der Waals surface area contributed by atoms with Crippen molar-refractivity contribution >= 4 is 16.5 Å². The summed E-state index contributed by atoms with van der Waals surface area (Å²) in [6, 6.07) is 0.580. The molecular formula is C12H21N3S. The highest BCUT2D eigenvalue weighted by molar-refractivity contribution is 7.13. The van der Waals surface area contributed by atoms with Gasteiger partial charge < -0.3 is 10.2 Å². The van der Waals surface area contributed by atoms with Gasteiger partial charge in [0.1, 0.15) is 0 Å². The van der Waals surface area contributed by atoms with Crippen molar-refractivity contribution in [1.82, 2.24) is 10.3 Å². The third kappa shape index (κ3) is 2.95. The van der Waals surface area contributed by atoms with Gasteiger partial charge in [-0.05, 0) is 26.2 Å². The summed E-state index contributed by atoms with van der Waals surface area (Å²) in [6.45, 7) is 7.69. The van der Waals surface area contributed by atoms with Gasteiger partial charge >= 0.3 is 0 Å². The van der Waals surface area contributed by atoms with E-state index in [0.29, 0.717) is 6.04 Å². The lowest BCUT2D eigenvalue weighted by molar-refractivity contribution is 0.530. The monoisotopic (exact) mass is 239 g/mol. The van der Waals surface area contributed by atoms with Crippen molar-refractivity contribution in [3.8, 4) is 0 Å². The molecular weight excluding hydrogens is 218 g/mol. The molecule has 1 unspecified atom stereocenters. The zero-order valence-electron chi connectivity index (χ0n) is 10.2. The first-order chi connectivity index (χ1) is 7.79. The lowest BCUT2D eigenvalue weighted by atomic mass is 10.2. The number of anilines is 1. The molecule has 90 valence electrons. The third-order valence-corrected chi connectivity index (χ3v) is 4.11. The smallest absolute Gasteiger partial charge is 0.185 e. The minimum atomic E-state index is 0.580. The van der Waals surface area contributed by atoms with E-state index in [2.05, 4.69) is 34.4 Å². The highest BCUT2D eigenvalue weighted by Crippen LogP contribution is 2.24. The van der Waals surface area contributed by atoms with Gasteiger partial charge in [0, 0.05) is 31.1 Å². The molecule has 0 saturated carbocycles. The Hall–Kier alpha value is -0.610. The standard InChI is InChI=1S/C12H21N3S/c1-3-10(2)13-8-11-9-16-12(14-11)15-6-4-5-7-15/h9-10,13H,3-8H2,1-2H3. The molecule has 1 N–H and O–H groups in total. The van der Waals surface area contributed by atoms with Gasteiger partial charge in [-0.15, -0.1) is 11.3 Å². The predicted octanol–water partition coefficient (Wildman–Crippen LogP) is 2.63. The maximum atomic E-state index is 4.68. The molecule has 4 heteroatoms. The van der Waals surface area contributed by atoms with Crippen LogP contribution < -0.4 is 10.2 Å². The molecule has 2 rings (SSSR count). The Labute approximate surface area is 102 Å². The first-order valence-electron chi connectivity index (χ1n) is 6.22. The molecule has 0 radical (unpaired) electrons. The van der Waals surface area contributed by atoms with Crippen LogP contribution in [-0.2, 0) is 6.54 Å². The van der Waals surface area contributed by atoms with Crippen LogP contribution in [0.4, 0.5) is 5.13 Å². The Morgan fingerprint density at radius 1 is 1.50 bits per heavy atom. The van der Waals surface area contributed by atoms with Crippen molar-refractivity contribution in [3.05, 3.63) is 11.1 Å². The van der Waals surface area contributed by atoms with Crippen LogP contribution in [0.5, 0.6) is 0 Å². The first kappa shape index (κ1) is 11.9. The largest absolute Gasteiger partial charge is 0.348 e. The summed E-state index contributed by atoms with van der Waals surface area (Å²) in [5.41, 5.74) is 1.19.